The van der Waals surface area contributed by atoms with Crippen LogP contribution in [0.25, 0.3) is 0 Å². The molecule has 2 rings (SSSR count). The number of nitrogens with one attached hydrogen (secondary N) is 1. The molecule has 0 amide bonds. The standard InChI is InChI=1S/C13H16BrN3/c1-3-15-13-16-10(2)8-17(13)9-11-6-4-5-7-12(11)14/h4-8H,3,9H2,1-2H3,(H,15,16). The van der Waals surface area contributed by atoms with Crippen molar-refractivity contribution in [3.8, 4) is 0 Å². The van der Waals surface area contributed by atoms with Gasteiger partial charge in [-0.1, -0.05) is 34.1 Å². The molecule has 0 spiro atoms. The van der Waals surface area contributed by atoms with Crippen LogP contribution in [0.2, 0.25) is 0 Å². The smallest absolute Gasteiger partial charge is 0.203 e. The molecule has 0 aliphatic heterocycles. The Balaban J connectivity index is 2.26. The quantitative estimate of drug-likeness (QED) is 0.936. The van der Waals surface area contributed by atoms with E-state index in [1.54, 1.807) is 0 Å². The average molecular weight is 294 g/mol. The number of hydrogen-bond donors (Lipinski definition) is 1. The monoisotopic (exact) mass is 293 g/mol. The van der Waals surface area contributed by atoms with Crippen LogP contribution in [0.15, 0.2) is 34.9 Å². The van der Waals surface area contributed by atoms with Crippen LogP contribution in [-0.4, -0.2) is 16.1 Å². The van der Waals surface area contributed by atoms with E-state index in [9.17, 15) is 0 Å². The molecule has 0 fully saturated rings. The largest absolute Gasteiger partial charge is 0.356 e. The van der Waals surface area contributed by atoms with Gasteiger partial charge in [0.1, 0.15) is 0 Å². The molecule has 0 unspecified atom stereocenters. The van der Waals surface area contributed by atoms with Crippen molar-refractivity contribution in [1.29, 1.82) is 0 Å². The molecule has 0 aliphatic rings. The first-order valence-corrected chi connectivity index (χ1v) is 6.51. The van der Waals surface area contributed by atoms with Crippen LogP contribution in [0.1, 0.15) is 18.2 Å². The van der Waals surface area contributed by atoms with E-state index < -0.39 is 0 Å². The molecular formula is C13H16BrN3. The van der Waals surface area contributed by atoms with Gasteiger partial charge in [-0.3, -0.25) is 0 Å². The minimum Gasteiger partial charge on any atom is -0.356 e. The number of hydrogen-bond acceptors (Lipinski definition) is 2. The minimum absolute atomic E-state index is 0.824. The number of aryl methyl sites for hydroxylation is 1. The van der Waals surface area contributed by atoms with E-state index in [0.717, 1.165) is 29.2 Å². The molecule has 1 N–H and O–H groups in total. The van der Waals surface area contributed by atoms with Gasteiger partial charge in [0.2, 0.25) is 5.95 Å². The van der Waals surface area contributed by atoms with Crippen molar-refractivity contribution in [3.05, 3.63) is 46.2 Å². The number of anilines is 1. The Bertz CT molecular complexity index is 505. The van der Waals surface area contributed by atoms with Crippen molar-refractivity contribution >= 4 is 21.9 Å². The normalized spacial score (nSPS) is 10.5. The van der Waals surface area contributed by atoms with Crippen molar-refractivity contribution in [3.63, 3.8) is 0 Å². The van der Waals surface area contributed by atoms with Crippen LogP contribution >= 0.6 is 15.9 Å². The zero-order chi connectivity index (χ0) is 12.3. The highest BCUT2D eigenvalue weighted by Crippen LogP contribution is 2.19. The lowest BCUT2D eigenvalue weighted by Crippen LogP contribution is -2.07. The first-order chi connectivity index (χ1) is 8.20. The van der Waals surface area contributed by atoms with Gasteiger partial charge in [0.25, 0.3) is 0 Å². The summed E-state index contributed by atoms with van der Waals surface area (Å²) in [5.74, 6) is 0.931. The van der Waals surface area contributed by atoms with Crippen molar-refractivity contribution in [2.24, 2.45) is 0 Å². The predicted molar refractivity (Wildman–Crippen MR) is 74.4 cm³/mol. The van der Waals surface area contributed by atoms with Gasteiger partial charge in [-0.15, -0.1) is 0 Å². The lowest BCUT2D eigenvalue weighted by Gasteiger charge is -2.09. The molecule has 0 saturated heterocycles. The van der Waals surface area contributed by atoms with E-state index in [1.807, 2.05) is 13.0 Å². The third-order valence-electron chi connectivity index (χ3n) is 2.53. The van der Waals surface area contributed by atoms with Gasteiger partial charge in [0.05, 0.1) is 12.2 Å². The highest BCUT2D eigenvalue weighted by molar-refractivity contribution is 9.10. The molecule has 0 saturated carbocycles. The van der Waals surface area contributed by atoms with Crippen LogP contribution in [-0.2, 0) is 6.54 Å². The van der Waals surface area contributed by atoms with Crippen LogP contribution in [0.5, 0.6) is 0 Å². The van der Waals surface area contributed by atoms with Gasteiger partial charge in [-0.05, 0) is 25.5 Å². The fraction of sp³-hybridized carbons (Fsp3) is 0.308. The van der Waals surface area contributed by atoms with Crippen molar-refractivity contribution in [2.75, 3.05) is 11.9 Å². The summed E-state index contributed by atoms with van der Waals surface area (Å²) >= 11 is 3.57. The Morgan fingerprint density at radius 1 is 1.35 bits per heavy atom. The number of halogens is 1. The van der Waals surface area contributed by atoms with Crippen LogP contribution in [0, 0.1) is 6.92 Å². The Labute approximate surface area is 110 Å². The number of imidazole rings is 1. The fourth-order valence-electron chi connectivity index (χ4n) is 1.78. The maximum atomic E-state index is 4.46. The van der Waals surface area contributed by atoms with Gasteiger partial charge >= 0.3 is 0 Å². The summed E-state index contributed by atoms with van der Waals surface area (Å²) in [5, 5.41) is 3.27. The molecule has 1 aromatic carbocycles. The second-order valence-electron chi connectivity index (χ2n) is 3.96. The first-order valence-electron chi connectivity index (χ1n) is 5.71. The molecule has 1 aromatic heterocycles. The summed E-state index contributed by atoms with van der Waals surface area (Å²) in [6, 6.07) is 8.26. The first kappa shape index (κ1) is 12.2. The van der Waals surface area contributed by atoms with Crippen LogP contribution in [0.4, 0.5) is 5.95 Å². The molecule has 17 heavy (non-hydrogen) atoms. The van der Waals surface area contributed by atoms with E-state index in [0.29, 0.717) is 0 Å². The summed E-state index contributed by atoms with van der Waals surface area (Å²) in [6.07, 6.45) is 2.07. The molecule has 2 aromatic rings. The molecule has 4 heteroatoms. The third kappa shape index (κ3) is 2.88. The average Bonchev–Trinajstić information content (AvgIpc) is 2.63. The molecule has 0 radical (unpaired) electrons. The second kappa shape index (κ2) is 5.36. The van der Waals surface area contributed by atoms with Crippen molar-refractivity contribution in [1.82, 2.24) is 9.55 Å². The summed E-state index contributed by atoms with van der Waals surface area (Å²) < 4.78 is 3.27. The Kier molecular flexibility index (Phi) is 3.84. The van der Waals surface area contributed by atoms with Gasteiger partial charge in [-0.2, -0.15) is 0 Å². The van der Waals surface area contributed by atoms with E-state index in [1.165, 1.54) is 5.56 Å². The third-order valence-corrected chi connectivity index (χ3v) is 3.30. The van der Waals surface area contributed by atoms with Gasteiger partial charge in [-0.25, -0.2) is 4.98 Å². The molecular weight excluding hydrogens is 278 g/mol. The number of nitrogens with zero attached hydrogens (tertiary/aromatic N) is 2. The lowest BCUT2D eigenvalue weighted by molar-refractivity contribution is 0.796. The van der Waals surface area contributed by atoms with Crippen LogP contribution < -0.4 is 5.32 Å². The maximum Gasteiger partial charge on any atom is 0.203 e. The highest BCUT2D eigenvalue weighted by Gasteiger charge is 2.06. The minimum atomic E-state index is 0.824. The number of aromatic nitrogens is 2. The second-order valence-corrected chi connectivity index (χ2v) is 4.81. The molecule has 0 bridgehead atoms. The fourth-order valence-corrected chi connectivity index (χ4v) is 2.19. The van der Waals surface area contributed by atoms with E-state index in [4.69, 9.17) is 0 Å². The lowest BCUT2D eigenvalue weighted by atomic mass is 10.2. The van der Waals surface area contributed by atoms with Crippen LogP contribution in [0.3, 0.4) is 0 Å². The molecule has 1 heterocycles. The van der Waals surface area contributed by atoms with E-state index in [2.05, 4.69) is 62.1 Å². The van der Waals surface area contributed by atoms with Crippen molar-refractivity contribution in [2.45, 2.75) is 20.4 Å². The molecule has 3 nitrogen and oxygen atoms in total. The molecule has 0 atom stereocenters. The zero-order valence-electron chi connectivity index (χ0n) is 10.1. The number of benzene rings is 1. The molecule has 0 aliphatic carbocycles. The maximum absolute atomic E-state index is 4.46. The van der Waals surface area contributed by atoms with Crippen molar-refractivity contribution < 1.29 is 0 Å². The van der Waals surface area contributed by atoms with E-state index >= 15 is 0 Å². The van der Waals surface area contributed by atoms with Gasteiger partial charge < -0.3 is 9.88 Å². The van der Waals surface area contributed by atoms with Gasteiger partial charge in [0, 0.05) is 17.2 Å². The predicted octanol–water partition coefficient (Wildman–Crippen LogP) is 3.43. The Morgan fingerprint density at radius 3 is 2.82 bits per heavy atom. The Hall–Kier alpha value is -1.29. The topological polar surface area (TPSA) is 29.9 Å². The summed E-state index contributed by atoms with van der Waals surface area (Å²) in [7, 11) is 0. The summed E-state index contributed by atoms with van der Waals surface area (Å²) in [4.78, 5) is 4.46. The molecule has 90 valence electrons. The number of rotatable bonds is 4. The van der Waals surface area contributed by atoms with Gasteiger partial charge in [0.15, 0.2) is 0 Å². The Morgan fingerprint density at radius 2 is 2.12 bits per heavy atom. The zero-order valence-corrected chi connectivity index (χ0v) is 11.7. The summed E-state index contributed by atoms with van der Waals surface area (Å²) in [6.45, 7) is 5.79. The SMILES string of the molecule is CCNc1nc(C)cn1Cc1ccccc1Br. The summed E-state index contributed by atoms with van der Waals surface area (Å²) in [5.41, 5.74) is 2.29. The highest BCUT2D eigenvalue weighted by atomic mass is 79.9. The van der Waals surface area contributed by atoms with E-state index in [-0.39, 0.29) is 0 Å².